The van der Waals surface area contributed by atoms with Crippen LogP contribution in [0.3, 0.4) is 0 Å². The van der Waals surface area contributed by atoms with Crippen LogP contribution in [0.5, 0.6) is 0 Å². The first-order chi connectivity index (χ1) is 12.0. The third-order valence-electron chi connectivity index (χ3n) is 3.06. The molecule has 1 aromatic carbocycles. The Bertz CT molecular complexity index is 960. The molecule has 3 aromatic rings. The van der Waals surface area contributed by atoms with Crippen molar-refractivity contribution in [3.8, 4) is 11.3 Å². The summed E-state index contributed by atoms with van der Waals surface area (Å²) in [5.74, 6) is -0.103. The molecule has 3 rings (SSSR count). The maximum atomic E-state index is 11.7. The van der Waals surface area contributed by atoms with Crippen molar-refractivity contribution in [2.45, 2.75) is 0 Å². The third kappa shape index (κ3) is 3.50. The Morgan fingerprint density at radius 1 is 1.32 bits per heavy atom. The third-order valence-corrected chi connectivity index (χ3v) is 3.06. The number of nitrogens with zero attached hydrogens (tertiary/aromatic N) is 4. The van der Waals surface area contributed by atoms with Crippen LogP contribution in [0.2, 0.25) is 0 Å². The highest BCUT2D eigenvalue weighted by molar-refractivity contribution is 5.96. The number of furan rings is 1. The van der Waals surface area contributed by atoms with E-state index in [0.29, 0.717) is 17.1 Å². The summed E-state index contributed by atoms with van der Waals surface area (Å²) in [6.07, 6.45) is 1.25. The smallest absolute Gasteiger partial charge is 0.297 e. The summed E-state index contributed by atoms with van der Waals surface area (Å²) in [4.78, 5) is 22.0. The fourth-order valence-corrected chi connectivity index (χ4v) is 1.91. The monoisotopic (exact) mass is 342 g/mol. The molecule has 0 radical (unpaired) electrons. The number of carbonyl (C=O) groups excluding carboxylic acids is 1. The number of rotatable bonds is 5. The van der Waals surface area contributed by atoms with E-state index in [2.05, 4.69) is 25.5 Å². The summed E-state index contributed by atoms with van der Waals surface area (Å²) in [5, 5.41) is 21.1. The van der Waals surface area contributed by atoms with Crippen LogP contribution in [0.15, 0.2) is 50.5 Å². The van der Waals surface area contributed by atoms with Crippen LogP contribution in [0.4, 0.5) is 11.5 Å². The Kier molecular flexibility index (Phi) is 4.20. The largest absolute Gasteiger partial charge is 0.455 e. The van der Waals surface area contributed by atoms with Crippen LogP contribution < -0.4 is 11.2 Å². The fourth-order valence-electron chi connectivity index (χ4n) is 1.91. The number of benzene rings is 1. The zero-order valence-electron chi connectivity index (χ0n) is 12.4. The van der Waals surface area contributed by atoms with Gasteiger partial charge >= 0.3 is 0 Å². The zero-order chi connectivity index (χ0) is 17.8. The Morgan fingerprint density at radius 3 is 2.88 bits per heavy atom. The number of nitro groups is 1. The summed E-state index contributed by atoms with van der Waals surface area (Å²) in [6, 6.07) is 9.23. The molecule has 0 unspecified atom stereocenters. The number of nitrogens with one attached hydrogen (secondary N) is 1. The van der Waals surface area contributed by atoms with Crippen LogP contribution in [-0.2, 0) is 0 Å². The van der Waals surface area contributed by atoms with E-state index in [1.165, 1.54) is 18.3 Å². The van der Waals surface area contributed by atoms with Gasteiger partial charge in [0.2, 0.25) is 11.5 Å². The molecule has 0 aliphatic heterocycles. The molecule has 0 aliphatic rings. The molecular formula is C14H10N6O5. The molecule has 126 valence electrons. The highest BCUT2D eigenvalue weighted by Gasteiger charge is 2.15. The Hall–Kier alpha value is -4.02. The molecule has 0 aliphatic carbocycles. The Balaban J connectivity index is 1.69. The van der Waals surface area contributed by atoms with Gasteiger partial charge in [0.05, 0.1) is 11.1 Å². The molecular weight excluding hydrogens is 332 g/mol. The number of nitrogen functional groups attached to an aromatic ring is 1. The minimum atomic E-state index is -0.694. The fraction of sp³-hybridized carbons (Fsp3) is 0. The normalized spacial score (nSPS) is 10.9. The van der Waals surface area contributed by atoms with Gasteiger partial charge in [0.1, 0.15) is 11.5 Å². The molecule has 2 heterocycles. The number of nitrogens with two attached hydrogens (primary N) is 1. The quantitative estimate of drug-likeness (QED) is 0.401. The minimum absolute atomic E-state index is 0.0461. The molecule has 0 bridgehead atoms. The number of aromatic nitrogens is 2. The highest BCUT2D eigenvalue weighted by Crippen LogP contribution is 2.25. The maximum absolute atomic E-state index is 11.7. The number of carbonyl (C=O) groups is 1. The van der Waals surface area contributed by atoms with Crippen molar-refractivity contribution in [2.24, 2.45) is 5.10 Å². The number of amides is 1. The van der Waals surface area contributed by atoms with Crippen molar-refractivity contribution >= 4 is 23.6 Å². The lowest BCUT2D eigenvalue weighted by molar-refractivity contribution is -0.384. The van der Waals surface area contributed by atoms with Gasteiger partial charge in [-0.05, 0) is 22.4 Å². The topological polar surface area (TPSA) is 163 Å². The second kappa shape index (κ2) is 6.62. The molecule has 25 heavy (non-hydrogen) atoms. The maximum Gasteiger partial charge on any atom is 0.297 e. The van der Waals surface area contributed by atoms with E-state index in [9.17, 15) is 14.9 Å². The zero-order valence-corrected chi connectivity index (χ0v) is 12.4. The SMILES string of the molecule is Nc1nonc1C(=O)NN=Cc1ccc(-c2cccc([N+](=O)[O-])c2)o1. The summed E-state index contributed by atoms with van der Waals surface area (Å²) in [6.45, 7) is 0. The summed E-state index contributed by atoms with van der Waals surface area (Å²) < 4.78 is 9.81. The predicted octanol–water partition coefficient (Wildman–Crippen LogP) is 1.58. The van der Waals surface area contributed by atoms with E-state index in [0.717, 1.165) is 0 Å². The molecule has 2 aromatic heterocycles. The van der Waals surface area contributed by atoms with Crippen LogP contribution in [0.25, 0.3) is 11.3 Å². The van der Waals surface area contributed by atoms with E-state index in [1.807, 2.05) is 0 Å². The van der Waals surface area contributed by atoms with Crippen LogP contribution >= 0.6 is 0 Å². The second-order valence-electron chi connectivity index (χ2n) is 4.71. The van der Waals surface area contributed by atoms with Gasteiger partial charge in [-0.1, -0.05) is 12.1 Å². The molecule has 1 amide bonds. The van der Waals surface area contributed by atoms with Gasteiger partial charge in [-0.3, -0.25) is 14.9 Å². The van der Waals surface area contributed by atoms with E-state index in [-0.39, 0.29) is 17.2 Å². The van der Waals surface area contributed by atoms with Crippen LogP contribution in [0, 0.1) is 10.1 Å². The standard InChI is InChI=1S/C14H10N6O5/c15-13-12(18-25-19-13)14(21)17-16-7-10-4-5-11(24-10)8-2-1-3-9(6-8)20(22)23/h1-7H,(H2,15,19)(H,17,21). The van der Waals surface area contributed by atoms with E-state index in [1.54, 1.807) is 24.3 Å². The van der Waals surface area contributed by atoms with Crippen molar-refractivity contribution in [3.63, 3.8) is 0 Å². The number of anilines is 1. The minimum Gasteiger partial charge on any atom is -0.455 e. The molecule has 0 atom stereocenters. The first-order valence-corrected chi connectivity index (χ1v) is 6.80. The Morgan fingerprint density at radius 2 is 2.16 bits per heavy atom. The van der Waals surface area contributed by atoms with Crippen LogP contribution in [0.1, 0.15) is 16.2 Å². The molecule has 3 N–H and O–H groups in total. The van der Waals surface area contributed by atoms with Crippen molar-refractivity contribution < 1.29 is 18.8 Å². The van der Waals surface area contributed by atoms with Crippen molar-refractivity contribution in [1.29, 1.82) is 0 Å². The van der Waals surface area contributed by atoms with E-state index < -0.39 is 10.8 Å². The average Bonchev–Trinajstić information content (AvgIpc) is 3.24. The van der Waals surface area contributed by atoms with Crippen molar-refractivity contribution in [2.75, 3.05) is 5.73 Å². The predicted molar refractivity (Wildman–Crippen MR) is 84.6 cm³/mol. The molecule has 11 nitrogen and oxygen atoms in total. The number of nitro benzene ring substituents is 1. The van der Waals surface area contributed by atoms with Gasteiger partial charge in [-0.2, -0.15) is 5.10 Å². The lowest BCUT2D eigenvalue weighted by Crippen LogP contribution is -2.19. The van der Waals surface area contributed by atoms with Gasteiger partial charge in [0, 0.05) is 17.7 Å². The van der Waals surface area contributed by atoms with Gasteiger partial charge in [-0.25, -0.2) is 10.1 Å². The number of hydrazone groups is 1. The molecule has 0 spiro atoms. The first kappa shape index (κ1) is 15.9. The number of non-ortho nitro benzene ring substituents is 1. The van der Waals surface area contributed by atoms with Gasteiger partial charge in [0.15, 0.2) is 0 Å². The van der Waals surface area contributed by atoms with Gasteiger partial charge < -0.3 is 10.2 Å². The lowest BCUT2D eigenvalue weighted by atomic mass is 10.1. The Labute approximate surface area is 139 Å². The average molecular weight is 342 g/mol. The summed E-state index contributed by atoms with van der Waals surface area (Å²) >= 11 is 0. The molecule has 0 saturated carbocycles. The molecule has 0 saturated heterocycles. The highest BCUT2D eigenvalue weighted by atomic mass is 16.6. The summed E-state index contributed by atoms with van der Waals surface area (Å²) in [7, 11) is 0. The van der Waals surface area contributed by atoms with Crippen LogP contribution in [-0.4, -0.2) is 27.4 Å². The first-order valence-electron chi connectivity index (χ1n) is 6.80. The van der Waals surface area contributed by atoms with Gasteiger partial charge in [-0.15, -0.1) is 0 Å². The molecule has 11 heteroatoms. The van der Waals surface area contributed by atoms with Gasteiger partial charge in [0.25, 0.3) is 11.6 Å². The number of hydrogen-bond acceptors (Lipinski definition) is 9. The van der Waals surface area contributed by atoms with E-state index in [4.69, 9.17) is 10.2 Å². The van der Waals surface area contributed by atoms with E-state index >= 15 is 0 Å². The second-order valence-corrected chi connectivity index (χ2v) is 4.71. The lowest BCUT2D eigenvalue weighted by Gasteiger charge is -1.97. The summed E-state index contributed by atoms with van der Waals surface area (Å²) in [5.41, 5.74) is 7.87. The number of hydrogen-bond donors (Lipinski definition) is 2. The molecule has 0 fully saturated rings. The van der Waals surface area contributed by atoms with Crippen molar-refractivity contribution in [1.82, 2.24) is 15.7 Å². The van der Waals surface area contributed by atoms with Crippen molar-refractivity contribution in [3.05, 3.63) is 58.0 Å².